The van der Waals surface area contributed by atoms with E-state index in [-0.39, 0.29) is 0 Å². The van der Waals surface area contributed by atoms with Crippen molar-refractivity contribution in [3.63, 3.8) is 0 Å². The fourth-order valence-corrected chi connectivity index (χ4v) is 2.56. The van der Waals surface area contributed by atoms with Crippen LogP contribution in [0.4, 0.5) is 0 Å². The van der Waals surface area contributed by atoms with E-state index < -0.39 is 0 Å². The van der Waals surface area contributed by atoms with Crippen LogP contribution in [-0.2, 0) is 0 Å². The molecule has 0 fully saturated rings. The first-order valence-corrected chi connectivity index (χ1v) is 6.46. The van der Waals surface area contributed by atoms with E-state index in [0.29, 0.717) is 0 Å². The van der Waals surface area contributed by atoms with Gasteiger partial charge in [0.1, 0.15) is 0 Å². The molecular weight excluding hydrogens is 248 g/mol. The van der Waals surface area contributed by atoms with Gasteiger partial charge in [0.25, 0.3) is 0 Å². The van der Waals surface area contributed by atoms with Crippen LogP contribution in [-0.4, -0.2) is 9.55 Å². The van der Waals surface area contributed by atoms with Crippen LogP contribution < -0.4 is 0 Å². The summed E-state index contributed by atoms with van der Waals surface area (Å²) in [5.41, 5.74) is 4.50. The molecule has 0 saturated heterocycles. The molecule has 0 amide bonds. The third kappa shape index (κ3) is 1.64. The second-order valence-electron chi connectivity index (χ2n) is 4.65. The molecule has 4 rings (SSSR count). The average Bonchev–Trinajstić information content (AvgIpc) is 3.17. The molecule has 0 saturated carbocycles. The summed E-state index contributed by atoms with van der Waals surface area (Å²) in [4.78, 5) is 4.18. The second-order valence-corrected chi connectivity index (χ2v) is 4.65. The average molecular weight is 260 g/mol. The predicted molar refractivity (Wildman–Crippen MR) is 78.8 cm³/mol. The lowest BCUT2D eigenvalue weighted by molar-refractivity contribution is 0.568. The monoisotopic (exact) mass is 260 g/mol. The molecule has 3 nitrogen and oxygen atoms in total. The van der Waals surface area contributed by atoms with E-state index in [1.54, 1.807) is 18.7 Å². The van der Waals surface area contributed by atoms with E-state index >= 15 is 0 Å². The quantitative estimate of drug-likeness (QED) is 0.538. The highest BCUT2D eigenvalue weighted by molar-refractivity contribution is 5.96. The highest BCUT2D eigenvalue weighted by Gasteiger charge is 2.09. The normalized spacial score (nSPS) is 11.0. The van der Waals surface area contributed by atoms with Crippen LogP contribution in [0.3, 0.4) is 0 Å². The molecule has 0 bridgehead atoms. The van der Waals surface area contributed by atoms with Gasteiger partial charge in [-0.15, -0.1) is 0 Å². The van der Waals surface area contributed by atoms with Crippen molar-refractivity contribution >= 4 is 10.9 Å². The van der Waals surface area contributed by atoms with Gasteiger partial charge in [-0.05, 0) is 35.9 Å². The van der Waals surface area contributed by atoms with Crippen LogP contribution in [0.25, 0.3) is 27.7 Å². The summed E-state index contributed by atoms with van der Waals surface area (Å²) in [7, 11) is 0. The Kier molecular flexibility index (Phi) is 2.42. The van der Waals surface area contributed by atoms with Crippen LogP contribution in [0.15, 0.2) is 78.0 Å². The van der Waals surface area contributed by atoms with Crippen molar-refractivity contribution in [3.05, 3.63) is 73.6 Å². The molecule has 0 unspecified atom stereocenters. The second kappa shape index (κ2) is 4.38. The number of hydrogen-bond donors (Lipinski definition) is 0. The standard InChI is InChI=1S/C17H12N2O/c1-4-15(13-7-10-20-12-13)16-6-9-19(17(16)5-1)14-3-2-8-18-11-14/h1-12H. The van der Waals surface area contributed by atoms with Crippen LogP contribution in [0, 0.1) is 0 Å². The summed E-state index contributed by atoms with van der Waals surface area (Å²) in [6, 6.07) is 14.4. The molecule has 0 aliphatic heterocycles. The van der Waals surface area contributed by atoms with Crippen molar-refractivity contribution in [2.75, 3.05) is 0 Å². The molecule has 96 valence electrons. The zero-order chi connectivity index (χ0) is 13.4. The highest BCUT2D eigenvalue weighted by atomic mass is 16.3. The molecule has 3 heteroatoms. The van der Waals surface area contributed by atoms with Crippen molar-refractivity contribution in [3.8, 4) is 16.8 Å². The van der Waals surface area contributed by atoms with Crippen LogP contribution in [0.1, 0.15) is 0 Å². The molecule has 3 heterocycles. The molecule has 4 aromatic rings. The highest BCUT2D eigenvalue weighted by Crippen LogP contribution is 2.30. The van der Waals surface area contributed by atoms with Gasteiger partial charge in [-0.2, -0.15) is 0 Å². The Morgan fingerprint density at radius 1 is 1.00 bits per heavy atom. The van der Waals surface area contributed by atoms with Gasteiger partial charge in [-0.3, -0.25) is 4.98 Å². The van der Waals surface area contributed by atoms with Gasteiger partial charge >= 0.3 is 0 Å². The molecule has 0 atom stereocenters. The largest absolute Gasteiger partial charge is 0.472 e. The lowest BCUT2D eigenvalue weighted by Gasteiger charge is -2.06. The topological polar surface area (TPSA) is 31.0 Å². The number of rotatable bonds is 2. The third-order valence-corrected chi connectivity index (χ3v) is 3.49. The van der Waals surface area contributed by atoms with Crippen LogP contribution >= 0.6 is 0 Å². The van der Waals surface area contributed by atoms with E-state index in [0.717, 1.165) is 16.8 Å². The maximum absolute atomic E-state index is 5.19. The number of hydrogen-bond acceptors (Lipinski definition) is 2. The van der Waals surface area contributed by atoms with E-state index in [1.165, 1.54) is 10.9 Å². The van der Waals surface area contributed by atoms with E-state index in [4.69, 9.17) is 4.42 Å². The Hall–Kier alpha value is -2.81. The first-order chi connectivity index (χ1) is 9.93. The predicted octanol–water partition coefficient (Wildman–Crippen LogP) is 4.29. The SMILES string of the molecule is c1cncc(-n2ccc3c(-c4ccoc4)cccc32)c1. The van der Waals surface area contributed by atoms with Crippen molar-refractivity contribution in [1.29, 1.82) is 0 Å². The van der Waals surface area contributed by atoms with Crippen molar-refractivity contribution in [2.45, 2.75) is 0 Å². The van der Waals surface area contributed by atoms with E-state index in [2.05, 4.69) is 46.1 Å². The fraction of sp³-hybridized carbons (Fsp3) is 0. The van der Waals surface area contributed by atoms with Crippen molar-refractivity contribution in [2.24, 2.45) is 0 Å². The third-order valence-electron chi connectivity index (χ3n) is 3.49. The Morgan fingerprint density at radius 3 is 2.80 bits per heavy atom. The lowest BCUT2D eigenvalue weighted by atomic mass is 10.0. The Morgan fingerprint density at radius 2 is 2.00 bits per heavy atom. The zero-order valence-electron chi connectivity index (χ0n) is 10.7. The molecule has 0 N–H and O–H groups in total. The minimum absolute atomic E-state index is 1.06. The van der Waals surface area contributed by atoms with Gasteiger partial charge in [-0.1, -0.05) is 12.1 Å². The summed E-state index contributed by atoms with van der Waals surface area (Å²) in [6.45, 7) is 0. The van der Waals surface area contributed by atoms with Crippen molar-refractivity contribution < 1.29 is 4.42 Å². The minimum atomic E-state index is 1.06. The number of benzene rings is 1. The molecule has 0 aliphatic carbocycles. The fourth-order valence-electron chi connectivity index (χ4n) is 2.56. The number of furan rings is 1. The summed E-state index contributed by atoms with van der Waals surface area (Å²) in [5.74, 6) is 0. The minimum Gasteiger partial charge on any atom is -0.472 e. The van der Waals surface area contributed by atoms with Crippen LogP contribution in [0.2, 0.25) is 0 Å². The van der Waals surface area contributed by atoms with Gasteiger partial charge in [0.05, 0.1) is 29.9 Å². The molecular formula is C17H12N2O. The number of aromatic nitrogens is 2. The van der Waals surface area contributed by atoms with Crippen LogP contribution in [0.5, 0.6) is 0 Å². The molecule has 0 aliphatic rings. The zero-order valence-corrected chi connectivity index (χ0v) is 10.7. The van der Waals surface area contributed by atoms with Gasteiger partial charge < -0.3 is 8.98 Å². The first kappa shape index (κ1) is 11.1. The Bertz CT molecular complexity index is 845. The maximum Gasteiger partial charge on any atom is 0.0981 e. The summed E-state index contributed by atoms with van der Waals surface area (Å²) < 4.78 is 7.34. The first-order valence-electron chi connectivity index (χ1n) is 6.46. The maximum atomic E-state index is 5.19. The molecule has 0 spiro atoms. The summed E-state index contributed by atoms with van der Waals surface area (Å²) in [6.07, 6.45) is 9.20. The lowest BCUT2D eigenvalue weighted by Crippen LogP contribution is -1.91. The number of pyridine rings is 1. The smallest absolute Gasteiger partial charge is 0.0981 e. The van der Waals surface area contributed by atoms with E-state index in [1.807, 2.05) is 18.3 Å². The van der Waals surface area contributed by atoms with Crippen molar-refractivity contribution in [1.82, 2.24) is 9.55 Å². The van der Waals surface area contributed by atoms with Gasteiger partial charge in [0.2, 0.25) is 0 Å². The molecule has 1 aromatic carbocycles. The summed E-state index contributed by atoms with van der Waals surface area (Å²) in [5, 5.41) is 1.21. The molecule has 20 heavy (non-hydrogen) atoms. The van der Waals surface area contributed by atoms with Gasteiger partial charge in [0.15, 0.2) is 0 Å². The Balaban J connectivity index is 1.97. The summed E-state index contributed by atoms with van der Waals surface area (Å²) >= 11 is 0. The van der Waals surface area contributed by atoms with E-state index in [9.17, 15) is 0 Å². The molecule has 0 radical (unpaired) electrons. The van der Waals surface area contributed by atoms with Gasteiger partial charge in [0, 0.05) is 23.3 Å². The Labute approximate surface area is 116 Å². The number of nitrogens with zero attached hydrogens (tertiary/aromatic N) is 2. The molecule has 3 aromatic heterocycles. The van der Waals surface area contributed by atoms with Gasteiger partial charge in [-0.25, -0.2) is 0 Å². The number of fused-ring (bicyclic) bond motifs is 1.